The Morgan fingerprint density at radius 2 is 2.00 bits per heavy atom. The van der Waals surface area contributed by atoms with Gasteiger partial charge in [-0.25, -0.2) is 0 Å². The number of allylic oxidation sites excluding steroid dienone is 1. The van der Waals surface area contributed by atoms with Gasteiger partial charge in [-0.05, 0) is 112 Å². The first-order valence-corrected chi connectivity index (χ1v) is 14.0. The molecule has 4 nitrogen and oxygen atoms in total. The molecule has 0 radical (unpaired) electrons. The van der Waals surface area contributed by atoms with Crippen molar-refractivity contribution < 1.29 is 4.74 Å². The maximum absolute atomic E-state index is 7.06. The summed E-state index contributed by atoms with van der Waals surface area (Å²) in [5.41, 5.74) is 6.93. The molecule has 33 heavy (non-hydrogen) atoms. The van der Waals surface area contributed by atoms with Crippen molar-refractivity contribution in [2.45, 2.75) is 103 Å². The molecular weight excluding hydrogens is 406 g/mol. The summed E-state index contributed by atoms with van der Waals surface area (Å²) in [7, 11) is 0. The van der Waals surface area contributed by atoms with Crippen molar-refractivity contribution in [3.8, 4) is 0 Å². The van der Waals surface area contributed by atoms with Gasteiger partial charge in [-0.15, -0.1) is 0 Å². The van der Waals surface area contributed by atoms with Crippen LogP contribution in [0.15, 0.2) is 17.3 Å². The Labute approximate surface area is 199 Å². The lowest BCUT2D eigenvalue weighted by Crippen LogP contribution is -2.48. The highest BCUT2D eigenvalue weighted by molar-refractivity contribution is 5.32. The van der Waals surface area contributed by atoms with Gasteiger partial charge in [0, 0.05) is 18.2 Å². The number of nitrogens with zero attached hydrogens (tertiary/aromatic N) is 1. The van der Waals surface area contributed by atoms with E-state index in [9.17, 15) is 0 Å². The van der Waals surface area contributed by atoms with Crippen LogP contribution in [0.2, 0.25) is 0 Å². The van der Waals surface area contributed by atoms with E-state index in [0.717, 1.165) is 36.1 Å². The Hall–Kier alpha value is -1.13. The van der Waals surface area contributed by atoms with E-state index < -0.39 is 0 Å². The Bertz CT molecular complexity index is 981. The first-order valence-electron chi connectivity index (χ1n) is 14.0. The average molecular weight is 450 g/mol. The van der Waals surface area contributed by atoms with Gasteiger partial charge in [0.2, 0.25) is 0 Å². The van der Waals surface area contributed by atoms with Gasteiger partial charge in [0.1, 0.15) is 0 Å². The van der Waals surface area contributed by atoms with E-state index in [1.165, 1.54) is 69.0 Å². The van der Waals surface area contributed by atoms with Gasteiger partial charge in [-0.3, -0.25) is 5.10 Å². The fraction of sp³-hybridized carbons (Fsp3) is 0.828. The molecule has 1 aromatic heterocycles. The van der Waals surface area contributed by atoms with Crippen LogP contribution in [-0.2, 0) is 17.6 Å². The van der Waals surface area contributed by atoms with Crippen LogP contribution >= 0.6 is 0 Å². The summed E-state index contributed by atoms with van der Waals surface area (Å²) in [6.45, 7) is 11.2. The topological polar surface area (TPSA) is 49.9 Å². The lowest BCUT2D eigenvalue weighted by molar-refractivity contribution is -0.0733. The van der Waals surface area contributed by atoms with Crippen LogP contribution in [0.3, 0.4) is 0 Å². The molecule has 4 heteroatoms. The van der Waals surface area contributed by atoms with E-state index >= 15 is 0 Å². The van der Waals surface area contributed by atoms with Crippen LogP contribution in [0.25, 0.3) is 0 Å². The van der Waals surface area contributed by atoms with E-state index in [1.807, 2.05) is 5.57 Å². The molecule has 0 bridgehead atoms. The fourth-order valence-electron chi connectivity index (χ4n) is 10.0. The Morgan fingerprint density at radius 1 is 1.12 bits per heavy atom. The lowest BCUT2D eigenvalue weighted by Gasteiger charge is -2.52. The third-order valence-electron chi connectivity index (χ3n) is 11.9. The van der Waals surface area contributed by atoms with Gasteiger partial charge in [0.05, 0.1) is 17.4 Å². The van der Waals surface area contributed by atoms with Crippen molar-refractivity contribution in [1.29, 1.82) is 0 Å². The van der Waals surface area contributed by atoms with Crippen molar-refractivity contribution in [3.63, 3.8) is 0 Å². The molecule has 6 aliphatic rings. The maximum atomic E-state index is 7.06. The minimum atomic E-state index is 0.0704. The van der Waals surface area contributed by atoms with Crippen molar-refractivity contribution in [3.05, 3.63) is 28.6 Å². The maximum Gasteiger partial charge on any atom is 0.0765 e. The Morgan fingerprint density at radius 3 is 2.88 bits per heavy atom. The monoisotopic (exact) mass is 449 g/mol. The van der Waals surface area contributed by atoms with Gasteiger partial charge in [-0.2, -0.15) is 5.10 Å². The molecule has 2 saturated heterocycles. The molecule has 0 amide bonds. The second-order valence-corrected chi connectivity index (χ2v) is 13.4. The van der Waals surface area contributed by atoms with Gasteiger partial charge in [0.25, 0.3) is 0 Å². The zero-order valence-corrected chi connectivity index (χ0v) is 21.1. The summed E-state index contributed by atoms with van der Waals surface area (Å²) < 4.78 is 7.06. The highest BCUT2D eigenvalue weighted by atomic mass is 16.5. The highest BCUT2D eigenvalue weighted by Gasteiger charge is 2.59. The summed E-state index contributed by atoms with van der Waals surface area (Å²) in [5, 5.41) is 11.6. The Balaban J connectivity index is 1.19. The van der Waals surface area contributed by atoms with Crippen LogP contribution in [0.5, 0.6) is 0 Å². The van der Waals surface area contributed by atoms with E-state index in [4.69, 9.17) is 4.74 Å². The van der Waals surface area contributed by atoms with Crippen LogP contribution in [0.4, 0.5) is 0 Å². The van der Waals surface area contributed by atoms with E-state index in [-0.39, 0.29) is 5.60 Å². The molecule has 4 aliphatic carbocycles. The van der Waals surface area contributed by atoms with Gasteiger partial charge >= 0.3 is 0 Å². The first kappa shape index (κ1) is 21.2. The summed E-state index contributed by atoms with van der Waals surface area (Å²) >= 11 is 0. The zero-order valence-electron chi connectivity index (χ0n) is 21.1. The molecule has 0 aromatic carbocycles. The number of hydrogen-bond donors (Lipinski definition) is 2. The number of hydrogen-bond acceptors (Lipinski definition) is 3. The average Bonchev–Trinajstić information content (AvgIpc) is 3.43. The van der Waals surface area contributed by atoms with Gasteiger partial charge < -0.3 is 10.1 Å². The fourth-order valence-corrected chi connectivity index (χ4v) is 10.0. The number of rotatable bonds is 0. The van der Waals surface area contributed by atoms with Crippen molar-refractivity contribution >= 4 is 0 Å². The molecule has 2 saturated carbocycles. The zero-order chi connectivity index (χ0) is 22.5. The molecule has 1 unspecified atom stereocenters. The molecular formula is C29H43N3O. The second-order valence-electron chi connectivity index (χ2n) is 13.4. The molecule has 3 heterocycles. The van der Waals surface area contributed by atoms with Crippen molar-refractivity contribution in [2.24, 2.45) is 40.9 Å². The number of piperidine rings is 1. The molecule has 2 N–H and O–H groups in total. The number of H-pyrrole nitrogens is 1. The predicted molar refractivity (Wildman–Crippen MR) is 131 cm³/mol. The molecule has 7 rings (SSSR count). The molecule has 1 spiro atoms. The third-order valence-corrected chi connectivity index (χ3v) is 11.9. The van der Waals surface area contributed by atoms with Crippen LogP contribution in [-0.4, -0.2) is 34.5 Å². The number of aromatic nitrogens is 2. The SMILES string of the molecule is CC1=C2C[C@H]3C(CC[C@@H]4Cc5n[nH]cc5C[C@@]43C)[C@@H]2CC[C@@]2(C1)O[C@@H]1C[C@H](C)CN[C@H]1[C@H]2C. The molecule has 2 aliphatic heterocycles. The summed E-state index contributed by atoms with van der Waals surface area (Å²) in [6.07, 6.45) is 14.3. The predicted octanol–water partition coefficient (Wildman–Crippen LogP) is 5.45. The van der Waals surface area contributed by atoms with E-state index in [2.05, 4.69) is 49.4 Å². The van der Waals surface area contributed by atoms with Crippen LogP contribution in [0.1, 0.15) is 83.9 Å². The number of fused-ring (bicyclic) bond motifs is 7. The van der Waals surface area contributed by atoms with Crippen molar-refractivity contribution in [1.82, 2.24) is 15.5 Å². The normalized spacial score (nSPS) is 50.9. The molecule has 1 aromatic rings. The van der Waals surface area contributed by atoms with E-state index in [1.54, 1.807) is 5.57 Å². The molecule has 10 atom stereocenters. The third kappa shape index (κ3) is 2.92. The quantitative estimate of drug-likeness (QED) is 0.518. The van der Waals surface area contributed by atoms with E-state index in [0.29, 0.717) is 23.5 Å². The second kappa shape index (κ2) is 7.20. The summed E-state index contributed by atoms with van der Waals surface area (Å²) in [5.74, 6) is 4.72. The first-order chi connectivity index (χ1) is 15.9. The highest BCUT2D eigenvalue weighted by Crippen LogP contribution is 2.64. The largest absolute Gasteiger partial charge is 0.369 e. The minimum absolute atomic E-state index is 0.0704. The van der Waals surface area contributed by atoms with Crippen LogP contribution < -0.4 is 5.32 Å². The number of nitrogens with one attached hydrogen (secondary N) is 2. The minimum Gasteiger partial charge on any atom is -0.369 e. The number of aromatic amines is 1. The van der Waals surface area contributed by atoms with Crippen molar-refractivity contribution in [2.75, 3.05) is 6.54 Å². The van der Waals surface area contributed by atoms with Crippen LogP contribution in [0, 0.1) is 40.9 Å². The summed E-state index contributed by atoms with van der Waals surface area (Å²) in [6, 6.07) is 0.561. The number of ether oxygens (including phenoxy) is 1. The summed E-state index contributed by atoms with van der Waals surface area (Å²) in [4.78, 5) is 0. The Kier molecular flexibility index (Phi) is 4.62. The van der Waals surface area contributed by atoms with Gasteiger partial charge in [-0.1, -0.05) is 31.9 Å². The molecule has 4 fully saturated rings. The smallest absolute Gasteiger partial charge is 0.0765 e. The lowest BCUT2D eigenvalue weighted by atomic mass is 9.52. The van der Waals surface area contributed by atoms with Gasteiger partial charge in [0.15, 0.2) is 0 Å². The molecule has 180 valence electrons. The standard InChI is InChI=1S/C29H43N3O/c1-16-9-26-27(30-14-16)18(3)29(33-26)8-7-21-22-6-5-20-10-25-19(15-31-32-25)13-28(20,4)24(22)11-23(21)17(2)12-29/h15-16,18,20-22,24,26-27,30H,5-14H2,1-4H3,(H,31,32)/t16-,18+,20+,21-,22?,24-,26+,27-,28-,29-/m0/s1.